The normalized spacial score (nSPS) is 24.0. The average Bonchev–Trinajstić information content (AvgIpc) is 3.22. The van der Waals surface area contributed by atoms with Crippen molar-refractivity contribution in [3.05, 3.63) is 29.3 Å². The molecule has 0 aromatic carbocycles. The molecule has 2 unspecified atom stereocenters. The number of likely N-dealkylation sites (tertiary alicyclic amines) is 1. The zero-order valence-corrected chi connectivity index (χ0v) is 14.8. The molecule has 0 aliphatic carbocycles. The van der Waals surface area contributed by atoms with Crippen molar-refractivity contribution in [3.63, 3.8) is 0 Å². The van der Waals surface area contributed by atoms with Gasteiger partial charge in [0, 0.05) is 24.8 Å². The molecule has 2 aliphatic rings. The van der Waals surface area contributed by atoms with Gasteiger partial charge in [0.2, 0.25) is 5.91 Å². The second-order valence-corrected chi connectivity index (χ2v) is 7.76. The van der Waals surface area contributed by atoms with E-state index in [9.17, 15) is 4.79 Å². The zero-order valence-electron chi connectivity index (χ0n) is 14.0. The summed E-state index contributed by atoms with van der Waals surface area (Å²) in [4.78, 5) is 19.4. The number of rotatable bonds is 4. The molecule has 6 heteroatoms. The number of nitrogens with zero attached hydrogens (tertiary/aromatic N) is 2. The van der Waals surface area contributed by atoms with Gasteiger partial charge in [0.15, 0.2) is 0 Å². The molecule has 2 aromatic heterocycles. The van der Waals surface area contributed by atoms with Crippen LogP contribution in [0, 0.1) is 0 Å². The third-order valence-electron chi connectivity index (χ3n) is 5.26. The van der Waals surface area contributed by atoms with Gasteiger partial charge in [0.1, 0.15) is 0 Å². The van der Waals surface area contributed by atoms with Crippen molar-refractivity contribution in [2.24, 2.45) is 0 Å². The van der Waals surface area contributed by atoms with Crippen LogP contribution in [-0.2, 0) is 4.79 Å². The highest BCUT2D eigenvalue weighted by Gasteiger charge is 2.36. The van der Waals surface area contributed by atoms with Crippen LogP contribution < -0.4 is 10.6 Å². The van der Waals surface area contributed by atoms with Crippen LogP contribution in [0.5, 0.6) is 0 Å². The summed E-state index contributed by atoms with van der Waals surface area (Å²) in [7, 11) is 0. The van der Waals surface area contributed by atoms with E-state index in [2.05, 4.69) is 38.9 Å². The van der Waals surface area contributed by atoms with E-state index in [0.29, 0.717) is 6.04 Å². The Morgan fingerprint density at radius 1 is 1.38 bits per heavy atom. The molecule has 5 nitrogen and oxygen atoms in total. The maximum absolute atomic E-state index is 12.8. The average molecular weight is 344 g/mol. The van der Waals surface area contributed by atoms with E-state index in [-0.39, 0.29) is 18.0 Å². The highest BCUT2D eigenvalue weighted by Crippen LogP contribution is 2.25. The van der Waals surface area contributed by atoms with Crippen molar-refractivity contribution < 1.29 is 4.79 Å². The van der Waals surface area contributed by atoms with Crippen LogP contribution in [0.15, 0.2) is 23.7 Å². The number of piperidine rings is 1. The van der Waals surface area contributed by atoms with Gasteiger partial charge in [-0.2, -0.15) is 0 Å². The van der Waals surface area contributed by atoms with E-state index >= 15 is 0 Å². The SMILES string of the molecule is CC(NC1CCN(C2CCNCC2)C1=O)c1cnc2ccsc2c1. The fourth-order valence-electron chi connectivity index (χ4n) is 3.83. The summed E-state index contributed by atoms with van der Waals surface area (Å²) in [5.74, 6) is 0.277. The lowest BCUT2D eigenvalue weighted by Crippen LogP contribution is -2.47. The highest BCUT2D eigenvalue weighted by molar-refractivity contribution is 7.17. The minimum Gasteiger partial charge on any atom is -0.338 e. The largest absolute Gasteiger partial charge is 0.338 e. The van der Waals surface area contributed by atoms with Gasteiger partial charge < -0.3 is 10.2 Å². The summed E-state index contributed by atoms with van der Waals surface area (Å²) < 4.78 is 1.20. The number of fused-ring (bicyclic) bond motifs is 1. The van der Waals surface area contributed by atoms with Crippen molar-refractivity contribution in [3.8, 4) is 0 Å². The van der Waals surface area contributed by atoms with Crippen molar-refractivity contribution in [1.29, 1.82) is 0 Å². The topological polar surface area (TPSA) is 57.3 Å². The van der Waals surface area contributed by atoms with Crippen LogP contribution >= 0.6 is 11.3 Å². The summed E-state index contributed by atoms with van der Waals surface area (Å²) in [5, 5.41) is 8.97. The Labute approximate surface area is 146 Å². The second-order valence-electron chi connectivity index (χ2n) is 6.82. The maximum atomic E-state index is 12.8. The van der Waals surface area contributed by atoms with E-state index in [4.69, 9.17) is 0 Å². The molecule has 2 saturated heterocycles. The lowest BCUT2D eigenvalue weighted by Gasteiger charge is -2.32. The van der Waals surface area contributed by atoms with Crippen molar-refractivity contribution >= 4 is 27.5 Å². The summed E-state index contributed by atoms with van der Waals surface area (Å²) in [6.45, 7) is 5.05. The van der Waals surface area contributed by atoms with E-state index < -0.39 is 0 Å². The Kier molecular flexibility index (Phi) is 4.52. The number of hydrogen-bond donors (Lipinski definition) is 2. The highest BCUT2D eigenvalue weighted by atomic mass is 32.1. The molecule has 0 saturated carbocycles. The summed E-state index contributed by atoms with van der Waals surface area (Å²) in [5.41, 5.74) is 2.20. The molecule has 2 atom stereocenters. The minimum absolute atomic E-state index is 0.0612. The molecule has 4 heterocycles. The van der Waals surface area contributed by atoms with Crippen LogP contribution in [0.25, 0.3) is 10.2 Å². The quantitative estimate of drug-likeness (QED) is 0.894. The van der Waals surface area contributed by atoms with Gasteiger partial charge in [-0.25, -0.2) is 0 Å². The number of aromatic nitrogens is 1. The van der Waals surface area contributed by atoms with E-state index in [1.807, 2.05) is 12.3 Å². The Morgan fingerprint density at radius 3 is 3.04 bits per heavy atom. The first-order chi connectivity index (χ1) is 11.7. The zero-order chi connectivity index (χ0) is 16.5. The van der Waals surface area contributed by atoms with Crippen molar-refractivity contribution in [2.45, 2.75) is 44.3 Å². The van der Waals surface area contributed by atoms with Crippen LogP contribution in [0.1, 0.15) is 37.8 Å². The molecule has 2 aliphatic heterocycles. The smallest absolute Gasteiger partial charge is 0.240 e. The van der Waals surface area contributed by atoms with Crippen LogP contribution in [0.2, 0.25) is 0 Å². The van der Waals surface area contributed by atoms with Crippen LogP contribution in [0.3, 0.4) is 0 Å². The lowest BCUT2D eigenvalue weighted by molar-refractivity contribution is -0.132. The molecule has 0 bridgehead atoms. The van der Waals surface area contributed by atoms with Gasteiger partial charge in [-0.3, -0.25) is 15.1 Å². The van der Waals surface area contributed by atoms with Crippen LogP contribution in [0.4, 0.5) is 0 Å². The molecule has 4 rings (SSSR count). The van der Waals surface area contributed by atoms with Gasteiger partial charge >= 0.3 is 0 Å². The monoisotopic (exact) mass is 344 g/mol. The fraction of sp³-hybridized carbons (Fsp3) is 0.556. The first-order valence-corrected chi connectivity index (χ1v) is 9.71. The molecular formula is C18H24N4OS. The van der Waals surface area contributed by atoms with E-state index in [0.717, 1.165) is 50.0 Å². The second kappa shape index (κ2) is 6.78. The molecule has 24 heavy (non-hydrogen) atoms. The Hall–Kier alpha value is -1.50. The third-order valence-corrected chi connectivity index (χ3v) is 6.12. The van der Waals surface area contributed by atoms with Crippen LogP contribution in [-0.4, -0.2) is 47.5 Å². The van der Waals surface area contributed by atoms with Gasteiger partial charge in [0.25, 0.3) is 0 Å². The lowest BCUT2D eigenvalue weighted by atomic mass is 10.1. The van der Waals surface area contributed by atoms with Gasteiger partial charge in [0.05, 0.1) is 16.3 Å². The van der Waals surface area contributed by atoms with Gasteiger partial charge in [-0.05, 0) is 62.4 Å². The standard InChI is InChI=1S/C18H24N4OS/c1-12(13-10-17-15(20-11-13)5-9-24-17)21-16-4-8-22(18(16)23)14-2-6-19-7-3-14/h5,9-12,14,16,19,21H,2-4,6-8H2,1H3. The van der Waals surface area contributed by atoms with Crippen molar-refractivity contribution in [2.75, 3.05) is 19.6 Å². The number of carbonyl (C=O) groups is 1. The Balaban J connectivity index is 1.42. The number of nitrogens with one attached hydrogen (secondary N) is 2. The molecule has 2 fully saturated rings. The maximum Gasteiger partial charge on any atom is 0.240 e. The third kappa shape index (κ3) is 3.06. The number of carbonyl (C=O) groups excluding carboxylic acids is 1. The fourth-order valence-corrected chi connectivity index (χ4v) is 4.62. The first-order valence-electron chi connectivity index (χ1n) is 8.83. The van der Waals surface area contributed by atoms with E-state index in [1.54, 1.807) is 11.3 Å². The molecule has 2 aromatic rings. The minimum atomic E-state index is -0.0612. The number of thiophene rings is 1. The summed E-state index contributed by atoms with van der Waals surface area (Å²) in [6, 6.07) is 4.72. The molecular weight excluding hydrogens is 320 g/mol. The predicted octanol–water partition coefficient (Wildman–Crippen LogP) is 2.30. The number of hydrogen-bond acceptors (Lipinski definition) is 5. The molecule has 128 valence electrons. The first kappa shape index (κ1) is 16.0. The Morgan fingerprint density at radius 2 is 2.21 bits per heavy atom. The predicted molar refractivity (Wildman–Crippen MR) is 97.2 cm³/mol. The number of amides is 1. The van der Waals surface area contributed by atoms with Gasteiger partial charge in [-0.15, -0.1) is 11.3 Å². The van der Waals surface area contributed by atoms with Gasteiger partial charge in [-0.1, -0.05) is 0 Å². The Bertz CT molecular complexity index is 725. The van der Waals surface area contributed by atoms with Crippen molar-refractivity contribution in [1.82, 2.24) is 20.5 Å². The molecule has 0 spiro atoms. The molecule has 2 N–H and O–H groups in total. The molecule has 1 amide bonds. The van der Waals surface area contributed by atoms with E-state index in [1.165, 1.54) is 4.70 Å². The molecule has 0 radical (unpaired) electrons. The number of pyridine rings is 1. The summed E-state index contributed by atoms with van der Waals surface area (Å²) in [6.07, 6.45) is 4.98. The summed E-state index contributed by atoms with van der Waals surface area (Å²) >= 11 is 1.71.